The number of nitrogens with zero attached hydrogens (tertiary/aromatic N) is 1. The van der Waals surface area contributed by atoms with Gasteiger partial charge >= 0.3 is 5.97 Å². The number of hydrogen-bond acceptors (Lipinski definition) is 6. The highest BCUT2D eigenvalue weighted by Gasteiger charge is 2.31. The smallest absolute Gasteiger partial charge is 0.338 e. The lowest BCUT2D eigenvalue weighted by atomic mass is 10.1. The van der Waals surface area contributed by atoms with E-state index in [4.69, 9.17) is 9.15 Å². The molecule has 1 aliphatic rings. The minimum Gasteiger partial charge on any atom is -0.467 e. The van der Waals surface area contributed by atoms with Gasteiger partial charge in [-0.15, -0.1) is 0 Å². The quantitative estimate of drug-likeness (QED) is 0.689. The van der Waals surface area contributed by atoms with Crippen LogP contribution in [0.1, 0.15) is 42.3 Å². The van der Waals surface area contributed by atoms with Crippen molar-refractivity contribution >= 4 is 21.9 Å². The number of piperidine rings is 1. The molecule has 1 atom stereocenters. The normalized spacial score (nSPS) is 17.6. The second-order valence-electron chi connectivity index (χ2n) is 6.92. The lowest BCUT2D eigenvalue weighted by Crippen LogP contribution is -2.41. The van der Waals surface area contributed by atoms with Crippen LogP contribution in [0, 0.1) is 0 Å². The third-order valence-corrected chi connectivity index (χ3v) is 6.80. The molecule has 1 N–H and O–H groups in total. The lowest BCUT2D eigenvalue weighted by molar-refractivity contribution is -0.124. The summed E-state index contributed by atoms with van der Waals surface area (Å²) >= 11 is 0. The summed E-state index contributed by atoms with van der Waals surface area (Å²) < 4.78 is 37.5. The number of ether oxygens (including phenoxy) is 1. The number of rotatable bonds is 7. The van der Waals surface area contributed by atoms with Gasteiger partial charge in [0.2, 0.25) is 10.0 Å². The molecule has 3 rings (SSSR count). The van der Waals surface area contributed by atoms with E-state index in [9.17, 15) is 18.0 Å². The molecule has 1 amide bonds. The predicted molar refractivity (Wildman–Crippen MR) is 104 cm³/mol. The van der Waals surface area contributed by atoms with Crippen LogP contribution in [0.2, 0.25) is 0 Å². The van der Waals surface area contributed by atoms with Crippen LogP contribution >= 0.6 is 0 Å². The van der Waals surface area contributed by atoms with Crippen LogP contribution in [-0.4, -0.2) is 43.8 Å². The molecule has 0 spiro atoms. The van der Waals surface area contributed by atoms with Crippen molar-refractivity contribution in [3.63, 3.8) is 0 Å². The van der Waals surface area contributed by atoms with Gasteiger partial charge in [0.05, 0.1) is 23.3 Å². The Morgan fingerprint density at radius 3 is 2.79 bits per heavy atom. The highest BCUT2D eigenvalue weighted by Crippen LogP contribution is 2.25. The molecule has 9 heteroatoms. The minimum atomic E-state index is -3.70. The molecule has 0 unspecified atom stereocenters. The van der Waals surface area contributed by atoms with E-state index < -0.39 is 28.5 Å². The molecular weight excluding hydrogens is 396 g/mol. The number of carbonyl (C=O) groups excluding carboxylic acids is 2. The number of amides is 1. The van der Waals surface area contributed by atoms with Crippen molar-refractivity contribution in [1.82, 2.24) is 9.62 Å². The van der Waals surface area contributed by atoms with Gasteiger partial charge in [-0.25, -0.2) is 13.2 Å². The highest BCUT2D eigenvalue weighted by molar-refractivity contribution is 7.89. The average Bonchev–Trinajstić information content (AvgIpc) is 3.24. The van der Waals surface area contributed by atoms with Gasteiger partial charge in [-0.1, -0.05) is 12.5 Å². The molecule has 8 nitrogen and oxygen atoms in total. The Morgan fingerprint density at radius 2 is 2.07 bits per heavy atom. The van der Waals surface area contributed by atoms with Crippen LogP contribution in [0.15, 0.2) is 52.0 Å². The van der Waals surface area contributed by atoms with Gasteiger partial charge in [0.1, 0.15) is 5.76 Å². The molecule has 1 aromatic carbocycles. The van der Waals surface area contributed by atoms with Crippen LogP contribution < -0.4 is 5.32 Å². The van der Waals surface area contributed by atoms with Crippen LogP contribution in [-0.2, 0) is 26.1 Å². The maximum Gasteiger partial charge on any atom is 0.338 e. The third-order valence-electron chi connectivity index (χ3n) is 4.79. The van der Waals surface area contributed by atoms with Crippen molar-refractivity contribution in [2.45, 2.75) is 43.7 Å². The van der Waals surface area contributed by atoms with E-state index in [-0.39, 0.29) is 23.0 Å². The number of hydrogen-bond donors (Lipinski definition) is 1. The van der Waals surface area contributed by atoms with Crippen molar-refractivity contribution in [2.75, 3.05) is 13.2 Å². The van der Waals surface area contributed by atoms with Crippen molar-refractivity contribution in [2.24, 2.45) is 0 Å². The Morgan fingerprint density at radius 1 is 1.24 bits per heavy atom. The zero-order valence-corrected chi connectivity index (χ0v) is 17.0. The van der Waals surface area contributed by atoms with Gasteiger partial charge in [-0.2, -0.15) is 4.31 Å². The van der Waals surface area contributed by atoms with Gasteiger partial charge in [-0.3, -0.25) is 4.79 Å². The Hall–Kier alpha value is -2.65. The number of furan rings is 1. The second kappa shape index (κ2) is 9.23. The van der Waals surface area contributed by atoms with Crippen LogP contribution in [0.25, 0.3) is 0 Å². The summed E-state index contributed by atoms with van der Waals surface area (Å²) in [5.74, 6) is -0.669. The van der Waals surface area contributed by atoms with E-state index in [1.165, 1.54) is 34.8 Å². The molecule has 2 aromatic rings. The van der Waals surface area contributed by atoms with E-state index >= 15 is 0 Å². The SMILES string of the molecule is C[C@@H]1CCCCN1S(=O)(=O)c1cccc(C(=O)OCC(=O)NCc2ccco2)c1. The lowest BCUT2D eigenvalue weighted by Gasteiger charge is -2.32. The molecule has 0 aliphatic carbocycles. The maximum atomic E-state index is 12.9. The van der Waals surface area contributed by atoms with Gasteiger partial charge in [0.25, 0.3) is 5.91 Å². The molecular formula is C20H24N2O6S. The molecule has 1 aliphatic heterocycles. The minimum absolute atomic E-state index is 0.0444. The first kappa shape index (κ1) is 21.1. The van der Waals surface area contributed by atoms with E-state index in [1.54, 1.807) is 12.1 Å². The van der Waals surface area contributed by atoms with Gasteiger partial charge < -0.3 is 14.5 Å². The molecule has 2 heterocycles. The fourth-order valence-corrected chi connectivity index (χ4v) is 4.96. The molecule has 1 saturated heterocycles. The van der Waals surface area contributed by atoms with Crippen molar-refractivity contribution < 1.29 is 27.2 Å². The predicted octanol–water partition coefficient (Wildman–Crippen LogP) is 2.32. The molecule has 0 bridgehead atoms. The first-order valence-corrected chi connectivity index (χ1v) is 10.9. The fourth-order valence-electron chi connectivity index (χ4n) is 3.21. The highest BCUT2D eigenvalue weighted by atomic mass is 32.2. The summed E-state index contributed by atoms with van der Waals surface area (Å²) in [4.78, 5) is 24.1. The van der Waals surface area contributed by atoms with E-state index in [1.807, 2.05) is 6.92 Å². The fraction of sp³-hybridized carbons (Fsp3) is 0.400. The maximum absolute atomic E-state index is 12.9. The Kier molecular flexibility index (Phi) is 6.71. The Bertz CT molecular complexity index is 955. The van der Waals surface area contributed by atoms with Crippen LogP contribution in [0.4, 0.5) is 0 Å². The summed E-state index contributed by atoms with van der Waals surface area (Å²) in [6.07, 6.45) is 4.13. The number of nitrogens with one attached hydrogen (secondary N) is 1. The summed E-state index contributed by atoms with van der Waals surface area (Å²) in [5, 5.41) is 2.56. The molecule has 1 fully saturated rings. The number of benzene rings is 1. The van der Waals surface area contributed by atoms with Crippen molar-refractivity contribution in [3.8, 4) is 0 Å². The van der Waals surface area contributed by atoms with E-state index in [0.717, 1.165) is 19.3 Å². The summed E-state index contributed by atoms with van der Waals surface area (Å²) in [7, 11) is -3.70. The van der Waals surface area contributed by atoms with Crippen molar-refractivity contribution in [3.05, 3.63) is 54.0 Å². The number of esters is 1. The summed E-state index contributed by atoms with van der Waals surface area (Å²) in [6.45, 7) is 2.06. The van der Waals surface area contributed by atoms with Gasteiger partial charge in [0, 0.05) is 12.6 Å². The first-order chi connectivity index (χ1) is 13.9. The number of sulfonamides is 1. The van der Waals surface area contributed by atoms with E-state index in [0.29, 0.717) is 12.3 Å². The largest absolute Gasteiger partial charge is 0.467 e. The zero-order chi connectivity index (χ0) is 20.9. The van der Waals surface area contributed by atoms with Gasteiger partial charge in [-0.05, 0) is 50.1 Å². The molecule has 0 radical (unpaired) electrons. The monoisotopic (exact) mass is 420 g/mol. The van der Waals surface area contributed by atoms with Crippen molar-refractivity contribution in [1.29, 1.82) is 0 Å². The Labute approximate surface area is 169 Å². The summed E-state index contributed by atoms with van der Waals surface area (Å²) in [6, 6.07) is 9.04. The first-order valence-electron chi connectivity index (χ1n) is 9.46. The molecule has 1 aromatic heterocycles. The number of carbonyl (C=O) groups is 2. The second-order valence-corrected chi connectivity index (χ2v) is 8.81. The third kappa shape index (κ3) is 5.24. The van der Waals surface area contributed by atoms with Crippen LogP contribution in [0.5, 0.6) is 0 Å². The van der Waals surface area contributed by atoms with Gasteiger partial charge in [0.15, 0.2) is 6.61 Å². The molecule has 156 valence electrons. The standard InChI is InChI=1S/C20H24N2O6S/c1-15-6-2-3-10-22(15)29(25,26)18-9-4-7-16(12-18)20(24)28-14-19(23)21-13-17-8-5-11-27-17/h4-5,7-9,11-12,15H,2-3,6,10,13-14H2,1H3,(H,21,23)/t15-/m1/s1. The zero-order valence-electron chi connectivity index (χ0n) is 16.2. The topological polar surface area (TPSA) is 106 Å². The van der Waals surface area contributed by atoms with Crippen LogP contribution in [0.3, 0.4) is 0 Å². The van der Waals surface area contributed by atoms with E-state index in [2.05, 4.69) is 5.32 Å². The summed E-state index contributed by atoms with van der Waals surface area (Å²) in [5.41, 5.74) is 0.0783. The molecule has 0 saturated carbocycles. The average molecular weight is 420 g/mol. The molecule has 29 heavy (non-hydrogen) atoms. The Balaban J connectivity index is 1.61.